The van der Waals surface area contributed by atoms with Crippen LogP contribution in [-0.2, 0) is 13.2 Å². The van der Waals surface area contributed by atoms with Gasteiger partial charge in [0.25, 0.3) is 5.95 Å². The lowest BCUT2D eigenvalue weighted by molar-refractivity contribution is 0.310. The molecule has 0 amide bonds. The molecule has 0 saturated carbocycles. The van der Waals surface area contributed by atoms with Crippen LogP contribution in [0.4, 0.5) is 5.95 Å². The van der Waals surface area contributed by atoms with Crippen molar-refractivity contribution in [1.29, 1.82) is 0 Å². The minimum absolute atomic E-state index is 0.489. The van der Waals surface area contributed by atoms with E-state index in [4.69, 9.17) is 4.74 Å². The van der Waals surface area contributed by atoms with Crippen LogP contribution in [0, 0.1) is 0 Å². The highest BCUT2D eigenvalue weighted by molar-refractivity contribution is 7.09. The molecule has 3 aromatic rings. The van der Waals surface area contributed by atoms with E-state index in [2.05, 4.69) is 32.0 Å². The molecule has 0 aliphatic heterocycles. The second kappa shape index (κ2) is 6.16. The van der Waals surface area contributed by atoms with Crippen LogP contribution < -0.4 is 10.1 Å². The maximum atomic E-state index is 5.71. The topological polar surface area (TPSA) is 75.7 Å². The van der Waals surface area contributed by atoms with E-state index < -0.39 is 0 Å². The van der Waals surface area contributed by atoms with Crippen molar-refractivity contribution in [3.63, 3.8) is 0 Å². The van der Waals surface area contributed by atoms with Gasteiger partial charge >= 0.3 is 0 Å². The molecule has 2 heterocycles. The van der Waals surface area contributed by atoms with E-state index in [0.717, 1.165) is 11.3 Å². The second-order valence-corrected chi connectivity index (χ2v) is 5.13. The third kappa shape index (κ3) is 3.33. The number of aromatic amines is 1. The van der Waals surface area contributed by atoms with E-state index in [1.165, 1.54) is 4.88 Å². The predicted octanol–water partition coefficient (Wildman–Crippen LogP) is 2.45. The van der Waals surface area contributed by atoms with Gasteiger partial charge in [0.15, 0.2) is 0 Å². The molecule has 2 aromatic heterocycles. The Morgan fingerprint density at radius 1 is 1.20 bits per heavy atom. The van der Waals surface area contributed by atoms with Crippen molar-refractivity contribution in [2.24, 2.45) is 0 Å². The van der Waals surface area contributed by atoms with E-state index in [1.807, 2.05) is 35.7 Å². The quantitative estimate of drug-likeness (QED) is 0.728. The molecule has 0 fully saturated rings. The Balaban J connectivity index is 1.51. The highest BCUT2D eigenvalue weighted by Gasteiger charge is 2.00. The number of ether oxygens (including phenoxy) is 1. The van der Waals surface area contributed by atoms with Gasteiger partial charge in [-0.1, -0.05) is 23.3 Å². The number of hydrogen-bond donors (Lipinski definition) is 2. The highest BCUT2D eigenvalue weighted by Crippen LogP contribution is 2.16. The summed E-state index contributed by atoms with van der Waals surface area (Å²) in [6, 6.07) is 12.0. The van der Waals surface area contributed by atoms with Crippen molar-refractivity contribution >= 4 is 17.3 Å². The molecule has 0 aliphatic carbocycles. The van der Waals surface area contributed by atoms with Crippen LogP contribution in [0.2, 0.25) is 0 Å². The summed E-state index contributed by atoms with van der Waals surface area (Å²) in [6.07, 6.45) is 0. The lowest BCUT2D eigenvalue weighted by Gasteiger charge is -2.06. The van der Waals surface area contributed by atoms with Gasteiger partial charge in [-0.25, -0.2) is 0 Å². The smallest absolute Gasteiger partial charge is 0.263 e. The van der Waals surface area contributed by atoms with Crippen LogP contribution in [0.3, 0.4) is 0 Å². The zero-order valence-corrected chi connectivity index (χ0v) is 11.4. The van der Waals surface area contributed by atoms with Crippen LogP contribution in [0.15, 0.2) is 41.8 Å². The maximum absolute atomic E-state index is 5.71. The first-order chi connectivity index (χ1) is 9.90. The van der Waals surface area contributed by atoms with Crippen LogP contribution in [-0.4, -0.2) is 20.6 Å². The monoisotopic (exact) mass is 287 g/mol. The van der Waals surface area contributed by atoms with Crippen molar-refractivity contribution in [2.75, 3.05) is 5.32 Å². The number of nitrogens with one attached hydrogen (secondary N) is 2. The Morgan fingerprint density at radius 2 is 2.10 bits per heavy atom. The Morgan fingerprint density at radius 3 is 2.80 bits per heavy atom. The molecule has 0 spiro atoms. The van der Waals surface area contributed by atoms with Gasteiger partial charge in [0, 0.05) is 11.4 Å². The summed E-state index contributed by atoms with van der Waals surface area (Å²) in [6.45, 7) is 1.25. The normalized spacial score (nSPS) is 10.4. The molecule has 0 saturated heterocycles. The summed E-state index contributed by atoms with van der Waals surface area (Å²) in [5.41, 5.74) is 1.12. The molecule has 0 radical (unpaired) electrons. The number of tetrazole rings is 1. The Bertz CT molecular complexity index is 564. The van der Waals surface area contributed by atoms with Gasteiger partial charge in [0.05, 0.1) is 0 Å². The second-order valence-electron chi connectivity index (χ2n) is 4.10. The average Bonchev–Trinajstić information content (AvgIpc) is 3.17. The van der Waals surface area contributed by atoms with Gasteiger partial charge < -0.3 is 10.1 Å². The van der Waals surface area contributed by atoms with Crippen LogP contribution in [0.25, 0.3) is 0 Å². The average molecular weight is 287 g/mol. The first-order valence-electron chi connectivity index (χ1n) is 6.11. The van der Waals surface area contributed by atoms with Gasteiger partial charge in [-0.2, -0.15) is 5.21 Å². The number of nitrogens with zero attached hydrogens (tertiary/aromatic N) is 3. The van der Waals surface area contributed by atoms with Crippen molar-refractivity contribution in [3.05, 3.63) is 52.2 Å². The van der Waals surface area contributed by atoms with Crippen molar-refractivity contribution < 1.29 is 4.74 Å². The number of thiophene rings is 1. The third-order valence-corrected chi connectivity index (χ3v) is 3.53. The third-order valence-electron chi connectivity index (χ3n) is 2.68. The molecule has 0 bridgehead atoms. The standard InChI is InChI=1S/C13H13N5OS/c1-2-12(20-7-1)9-19-11-5-3-10(4-6-11)8-14-13-15-17-18-16-13/h1-7H,8-9H2,(H2,14,15,16,17,18). The van der Waals surface area contributed by atoms with Gasteiger partial charge in [0.2, 0.25) is 0 Å². The molecule has 0 unspecified atom stereocenters. The zero-order chi connectivity index (χ0) is 13.6. The zero-order valence-electron chi connectivity index (χ0n) is 10.6. The largest absolute Gasteiger partial charge is 0.488 e. The molecule has 7 heteroatoms. The van der Waals surface area contributed by atoms with Crippen molar-refractivity contribution in [3.8, 4) is 5.75 Å². The molecule has 20 heavy (non-hydrogen) atoms. The molecular weight excluding hydrogens is 274 g/mol. The molecule has 3 rings (SSSR count). The minimum atomic E-state index is 0.489. The summed E-state index contributed by atoms with van der Waals surface area (Å²) in [5.74, 6) is 1.35. The fourth-order valence-corrected chi connectivity index (χ4v) is 2.29. The van der Waals surface area contributed by atoms with E-state index in [0.29, 0.717) is 19.1 Å². The molecular formula is C13H13N5OS. The van der Waals surface area contributed by atoms with Gasteiger partial charge in [-0.15, -0.1) is 16.4 Å². The van der Waals surface area contributed by atoms with E-state index in [1.54, 1.807) is 11.3 Å². The predicted molar refractivity (Wildman–Crippen MR) is 76.6 cm³/mol. The Hall–Kier alpha value is -2.41. The summed E-state index contributed by atoms with van der Waals surface area (Å²) in [7, 11) is 0. The lowest BCUT2D eigenvalue weighted by Crippen LogP contribution is -2.01. The maximum Gasteiger partial charge on any atom is 0.263 e. The fourth-order valence-electron chi connectivity index (χ4n) is 1.67. The van der Waals surface area contributed by atoms with Crippen molar-refractivity contribution in [2.45, 2.75) is 13.2 Å². The minimum Gasteiger partial charge on any atom is -0.488 e. The van der Waals surface area contributed by atoms with Crippen LogP contribution in [0.5, 0.6) is 5.75 Å². The first-order valence-corrected chi connectivity index (χ1v) is 6.99. The molecule has 102 valence electrons. The number of H-pyrrole nitrogens is 1. The number of rotatable bonds is 6. The summed E-state index contributed by atoms with van der Waals surface area (Å²) in [4.78, 5) is 1.22. The van der Waals surface area contributed by atoms with Crippen LogP contribution >= 0.6 is 11.3 Å². The summed E-state index contributed by atoms with van der Waals surface area (Å²) >= 11 is 1.69. The first kappa shape index (κ1) is 12.6. The fraction of sp³-hybridized carbons (Fsp3) is 0.154. The Kier molecular flexibility index (Phi) is 3.88. The molecule has 0 aliphatic rings. The number of anilines is 1. The number of benzene rings is 1. The van der Waals surface area contributed by atoms with Crippen molar-refractivity contribution in [1.82, 2.24) is 20.6 Å². The van der Waals surface area contributed by atoms with Gasteiger partial charge in [-0.05, 0) is 34.4 Å². The number of hydrogen-bond acceptors (Lipinski definition) is 6. The van der Waals surface area contributed by atoms with E-state index >= 15 is 0 Å². The SMILES string of the molecule is c1csc(COc2ccc(CNc3nn[nH]n3)cc2)c1. The lowest BCUT2D eigenvalue weighted by atomic mass is 10.2. The Labute approximate surface area is 119 Å². The molecule has 6 nitrogen and oxygen atoms in total. The van der Waals surface area contributed by atoms with Gasteiger partial charge in [0.1, 0.15) is 12.4 Å². The molecule has 2 N–H and O–H groups in total. The molecule has 0 atom stereocenters. The summed E-state index contributed by atoms with van der Waals surface area (Å²) < 4.78 is 5.71. The van der Waals surface area contributed by atoms with Gasteiger partial charge in [-0.3, -0.25) is 0 Å². The number of aromatic nitrogens is 4. The highest BCUT2D eigenvalue weighted by atomic mass is 32.1. The van der Waals surface area contributed by atoms with Crippen LogP contribution in [0.1, 0.15) is 10.4 Å². The van der Waals surface area contributed by atoms with E-state index in [-0.39, 0.29) is 0 Å². The molecule has 1 aromatic carbocycles. The summed E-state index contributed by atoms with van der Waals surface area (Å²) in [5, 5.41) is 18.6. The van der Waals surface area contributed by atoms with E-state index in [9.17, 15) is 0 Å².